The van der Waals surface area contributed by atoms with Crippen molar-refractivity contribution in [1.29, 1.82) is 0 Å². The maximum absolute atomic E-state index is 15.2. The summed E-state index contributed by atoms with van der Waals surface area (Å²) in [6.07, 6.45) is 3.70. The van der Waals surface area contributed by atoms with E-state index in [1.54, 1.807) is 42.3 Å². The molecule has 0 atom stereocenters. The molecule has 2 aromatic heterocycles. The standard InChI is InChI=1S/C30H25FN4O4/c1-37-28-15-21-24(17-29(28)38-2)32-13-12-26(21)39-27-11-10-19(14-22(27)31)33-30(36)25-16-23(18-8-9-18)34-35(25)20-6-4-3-5-7-20/h3-7,10-18H,8-9H2,1-2H3,(H,33,36). The number of pyridine rings is 1. The Morgan fingerprint density at radius 1 is 0.923 bits per heavy atom. The van der Waals surface area contributed by atoms with Crippen molar-refractivity contribution in [1.82, 2.24) is 14.8 Å². The van der Waals surface area contributed by atoms with Crippen LogP contribution in [0.5, 0.6) is 23.0 Å². The molecule has 1 saturated carbocycles. The Hall–Kier alpha value is -4.92. The first-order valence-corrected chi connectivity index (χ1v) is 12.5. The van der Waals surface area contributed by atoms with Crippen LogP contribution < -0.4 is 19.5 Å². The Morgan fingerprint density at radius 2 is 1.69 bits per heavy atom. The number of nitrogens with one attached hydrogen (secondary N) is 1. The molecule has 1 amide bonds. The van der Waals surface area contributed by atoms with Gasteiger partial charge in [0.2, 0.25) is 0 Å². The number of hydrogen-bond acceptors (Lipinski definition) is 6. The number of hydrogen-bond donors (Lipinski definition) is 1. The highest BCUT2D eigenvalue weighted by molar-refractivity contribution is 6.03. The smallest absolute Gasteiger partial charge is 0.274 e. The topological polar surface area (TPSA) is 87.5 Å². The Kier molecular flexibility index (Phi) is 6.32. The minimum atomic E-state index is -0.631. The highest BCUT2D eigenvalue weighted by atomic mass is 19.1. The summed E-state index contributed by atoms with van der Waals surface area (Å²) in [6, 6.07) is 20.7. The lowest BCUT2D eigenvalue weighted by Gasteiger charge is -2.13. The summed E-state index contributed by atoms with van der Waals surface area (Å²) >= 11 is 0. The molecule has 5 aromatic rings. The minimum absolute atomic E-state index is 0.000584. The Bertz CT molecular complexity index is 1680. The van der Waals surface area contributed by atoms with Crippen LogP contribution in [0.1, 0.15) is 34.9 Å². The van der Waals surface area contributed by atoms with E-state index in [1.165, 1.54) is 19.2 Å². The molecule has 0 bridgehead atoms. The molecule has 9 heteroatoms. The van der Waals surface area contributed by atoms with Gasteiger partial charge in [-0.3, -0.25) is 9.78 Å². The van der Waals surface area contributed by atoms with Gasteiger partial charge < -0.3 is 19.5 Å². The quantitative estimate of drug-likeness (QED) is 0.249. The van der Waals surface area contributed by atoms with Gasteiger partial charge >= 0.3 is 0 Å². The van der Waals surface area contributed by atoms with Crippen LogP contribution in [0.15, 0.2) is 79.0 Å². The molecule has 1 N–H and O–H groups in total. The van der Waals surface area contributed by atoms with Crippen molar-refractivity contribution < 1.29 is 23.4 Å². The molecule has 6 rings (SSSR count). The van der Waals surface area contributed by atoms with Crippen LogP contribution >= 0.6 is 0 Å². The molecular weight excluding hydrogens is 499 g/mol. The lowest BCUT2D eigenvalue weighted by Crippen LogP contribution is -2.17. The summed E-state index contributed by atoms with van der Waals surface area (Å²) in [7, 11) is 3.08. The second-order valence-electron chi connectivity index (χ2n) is 9.21. The second kappa shape index (κ2) is 10.1. The van der Waals surface area contributed by atoms with Gasteiger partial charge in [-0.15, -0.1) is 0 Å². The first-order chi connectivity index (χ1) is 19.0. The van der Waals surface area contributed by atoms with Gasteiger partial charge in [0.05, 0.1) is 31.1 Å². The highest BCUT2D eigenvalue weighted by Gasteiger charge is 2.29. The number of aromatic nitrogens is 3. The van der Waals surface area contributed by atoms with Crippen molar-refractivity contribution in [2.24, 2.45) is 0 Å². The van der Waals surface area contributed by atoms with Gasteiger partial charge in [-0.1, -0.05) is 18.2 Å². The van der Waals surface area contributed by atoms with E-state index >= 15 is 4.39 Å². The minimum Gasteiger partial charge on any atom is -0.493 e. The zero-order valence-corrected chi connectivity index (χ0v) is 21.3. The van der Waals surface area contributed by atoms with E-state index in [-0.39, 0.29) is 11.7 Å². The van der Waals surface area contributed by atoms with E-state index in [4.69, 9.17) is 14.2 Å². The van der Waals surface area contributed by atoms with Crippen LogP contribution in [-0.2, 0) is 0 Å². The summed E-state index contributed by atoms with van der Waals surface area (Å²) in [4.78, 5) is 17.6. The van der Waals surface area contributed by atoms with E-state index in [2.05, 4.69) is 15.4 Å². The molecule has 1 aliphatic rings. The number of ether oxygens (including phenoxy) is 3. The lowest BCUT2D eigenvalue weighted by molar-refractivity contribution is 0.101. The van der Waals surface area contributed by atoms with Gasteiger partial charge in [0.15, 0.2) is 23.1 Å². The van der Waals surface area contributed by atoms with Crippen LogP contribution in [0.25, 0.3) is 16.6 Å². The number of halogens is 1. The molecule has 0 saturated heterocycles. The Morgan fingerprint density at radius 3 is 2.41 bits per heavy atom. The van der Waals surface area contributed by atoms with Gasteiger partial charge in [0.1, 0.15) is 11.4 Å². The van der Waals surface area contributed by atoms with Gasteiger partial charge in [-0.05, 0) is 55.3 Å². The molecule has 3 aromatic carbocycles. The van der Waals surface area contributed by atoms with Crippen molar-refractivity contribution in [3.05, 3.63) is 96.2 Å². The van der Waals surface area contributed by atoms with E-state index in [0.29, 0.717) is 45.5 Å². The molecule has 0 spiro atoms. The van der Waals surface area contributed by atoms with Crippen LogP contribution in [0.3, 0.4) is 0 Å². The lowest BCUT2D eigenvalue weighted by atomic mass is 10.1. The summed E-state index contributed by atoms with van der Waals surface area (Å²) in [5.74, 6) is 0.790. The van der Waals surface area contributed by atoms with Crippen LogP contribution in [-0.4, -0.2) is 34.9 Å². The number of rotatable bonds is 8. The molecule has 2 heterocycles. The molecule has 1 fully saturated rings. The van der Waals surface area contributed by atoms with E-state index in [1.807, 2.05) is 36.4 Å². The van der Waals surface area contributed by atoms with Gasteiger partial charge in [-0.25, -0.2) is 9.07 Å². The number of benzene rings is 3. The SMILES string of the molecule is COc1cc2nccc(Oc3ccc(NC(=O)c4cc(C5CC5)nn4-c4ccccc4)cc3F)c2cc1OC. The van der Waals surface area contributed by atoms with Crippen molar-refractivity contribution in [3.8, 4) is 28.7 Å². The number of carbonyl (C=O) groups is 1. The number of methoxy groups -OCH3 is 2. The van der Waals surface area contributed by atoms with Crippen molar-refractivity contribution in [2.75, 3.05) is 19.5 Å². The van der Waals surface area contributed by atoms with Gasteiger partial charge in [0.25, 0.3) is 5.91 Å². The fraction of sp³-hybridized carbons (Fsp3) is 0.167. The van der Waals surface area contributed by atoms with Crippen molar-refractivity contribution in [2.45, 2.75) is 18.8 Å². The molecule has 39 heavy (non-hydrogen) atoms. The maximum atomic E-state index is 15.2. The van der Waals surface area contributed by atoms with Crippen molar-refractivity contribution in [3.63, 3.8) is 0 Å². The molecule has 0 aliphatic heterocycles. The number of fused-ring (bicyclic) bond motifs is 1. The first kappa shape index (κ1) is 24.4. The average molecular weight is 525 g/mol. The normalized spacial score (nSPS) is 12.8. The third-order valence-electron chi connectivity index (χ3n) is 6.57. The van der Waals surface area contributed by atoms with E-state index < -0.39 is 5.82 Å². The molecule has 196 valence electrons. The predicted molar refractivity (Wildman–Crippen MR) is 145 cm³/mol. The monoisotopic (exact) mass is 524 g/mol. The second-order valence-corrected chi connectivity index (χ2v) is 9.21. The van der Waals surface area contributed by atoms with Crippen LogP contribution in [0.4, 0.5) is 10.1 Å². The van der Waals surface area contributed by atoms with Gasteiger partial charge in [0, 0.05) is 35.3 Å². The van der Waals surface area contributed by atoms with Crippen molar-refractivity contribution >= 4 is 22.5 Å². The third kappa shape index (κ3) is 4.86. The van der Waals surface area contributed by atoms with Crippen LogP contribution in [0.2, 0.25) is 0 Å². The number of para-hydroxylation sites is 1. The van der Waals surface area contributed by atoms with E-state index in [9.17, 15) is 4.79 Å². The van der Waals surface area contributed by atoms with E-state index in [0.717, 1.165) is 24.2 Å². The average Bonchev–Trinajstić information content (AvgIpc) is 3.72. The van der Waals surface area contributed by atoms with Crippen LogP contribution in [0, 0.1) is 5.82 Å². The summed E-state index contributed by atoms with van der Waals surface area (Å²) in [5, 5.41) is 8.10. The Labute approximate surface area is 224 Å². The van der Waals surface area contributed by atoms with Gasteiger partial charge in [-0.2, -0.15) is 5.10 Å². The number of nitrogens with zero attached hydrogens (tertiary/aromatic N) is 3. The molecule has 1 aliphatic carbocycles. The maximum Gasteiger partial charge on any atom is 0.274 e. The summed E-state index contributed by atoms with van der Waals surface area (Å²) in [6.45, 7) is 0. The zero-order chi connectivity index (χ0) is 26.9. The molecule has 0 radical (unpaired) electrons. The summed E-state index contributed by atoms with van der Waals surface area (Å²) in [5.41, 5.74) is 2.96. The fourth-order valence-corrected chi connectivity index (χ4v) is 4.42. The number of amides is 1. The molecular formula is C30H25FN4O4. The number of anilines is 1. The summed E-state index contributed by atoms with van der Waals surface area (Å²) < 4.78 is 33.4. The largest absolute Gasteiger partial charge is 0.493 e. The third-order valence-corrected chi connectivity index (χ3v) is 6.57. The predicted octanol–water partition coefficient (Wildman–Crippen LogP) is 6.50. The molecule has 0 unspecified atom stereocenters. The first-order valence-electron chi connectivity index (χ1n) is 12.5. The Balaban J connectivity index is 1.25. The highest BCUT2D eigenvalue weighted by Crippen LogP contribution is 2.40. The number of carbonyl (C=O) groups excluding carboxylic acids is 1. The molecule has 8 nitrogen and oxygen atoms in total. The zero-order valence-electron chi connectivity index (χ0n) is 21.3. The fourth-order valence-electron chi connectivity index (χ4n) is 4.42.